The van der Waals surface area contributed by atoms with E-state index in [1.165, 1.54) is 0 Å². The molecule has 3 N–H and O–H groups in total. The van der Waals surface area contributed by atoms with Gasteiger partial charge in [-0.3, -0.25) is 4.79 Å². The van der Waals surface area contributed by atoms with Crippen molar-refractivity contribution in [3.05, 3.63) is 89.1 Å². The Morgan fingerprint density at radius 2 is 1.65 bits per heavy atom. The molecule has 37 heavy (non-hydrogen) atoms. The molecule has 8 heteroatoms. The van der Waals surface area contributed by atoms with Crippen LogP contribution in [0.15, 0.2) is 66.7 Å². The van der Waals surface area contributed by atoms with Crippen LogP contribution in [0.1, 0.15) is 33.6 Å². The van der Waals surface area contributed by atoms with Crippen LogP contribution >= 0.6 is 0 Å². The molecule has 0 radical (unpaired) electrons. The van der Waals surface area contributed by atoms with Gasteiger partial charge in [0.2, 0.25) is 6.79 Å². The first-order valence-corrected chi connectivity index (χ1v) is 12.0. The fourth-order valence-electron chi connectivity index (χ4n) is 4.77. The largest absolute Gasteiger partial charge is 0.454 e. The van der Waals surface area contributed by atoms with Crippen molar-refractivity contribution in [1.82, 2.24) is 10.3 Å². The summed E-state index contributed by atoms with van der Waals surface area (Å²) in [5.74, 6) is 1.29. The van der Waals surface area contributed by atoms with E-state index in [9.17, 15) is 9.59 Å². The summed E-state index contributed by atoms with van der Waals surface area (Å²) >= 11 is 0. The van der Waals surface area contributed by atoms with Crippen LogP contribution in [-0.2, 0) is 6.42 Å². The molecule has 0 spiro atoms. The second-order valence-corrected chi connectivity index (χ2v) is 8.85. The number of urea groups is 1. The van der Waals surface area contributed by atoms with Gasteiger partial charge >= 0.3 is 6.03 Å². The lowest BCUT2D eigenvalue weighted by Crippen LogP contribution is -2.24. The quantitative estimate of drug-likeness (QED) is 0.351. The highest BCUT2D eigenvalue weighted by Crippen LogP contribution is 2.39. The standard InChI is InChI=1S/C29H24N4O4/c1-30-29(35)32-20-10-8-19(9-11-20)31-28(34)26-21-4-2-3-5-23(21)33-27-18(7-12-22(26)27)14-17-6-13-24-25(15-17)37-16-36-24/h2-6,8-11,13-15H,7,12,16H2,1H3,(H,31,34)(H2,30,32,35)/b18-14+. The van der Waals surface area contributed by atoms with Gasteiger partial charge in [-0.05, 0) is 78.1 Å². The molecular formula is C29H24N4O4. The SMILES string of the molecule is CNC(=O)Nc1ccc(NC(=O)c2c3c(nc4ccccc24)/C(=C/c2ccc4c(c2)OCO4)CC3)cc1. The molecule has 1 aromatic heterocycles. The second-order valence-electron chi connectivity index (χ2n) is 8.85. The van der Waals surface area contributed by atoms with Gasteiger partial charge in [0.1, 0.15) is 0 Å². The van der Waals surface area contributed by atoms with Crippen LogP contribution in [-0.4, -0.2) is 30.8 Å². The number of pyridine rings is 1. The maximum absolute atomic E-state index is 13.6. The van der Waals surface area contributed by atoms with Crippen molar-refractivity contribution in [2.75, 3.05) is 24.5 Å². The van der Waals surface area contributed by atoms with Crippen LogP contribution in [0.4, 0.5) is 16.2 Å². The molecule has 2 heterocycles. The van der Waals surface area contributed by atoms with E-state index in [4.69, 9.17) is 14.5 Å². The highest BCUT2D eigenvalue weighted by molar-refractivity contribution is 6.14. The van der Waals surface area contributed by atoms with Crippen molar-refractivity contribution in [3.63, 3.8) is 0 Å². The molecule has 6 rings (SSSR count). The smallest absolute Gasteiger partial charge is 0.318 e. The third-order valence-electron chi connectivity index (χ3n) is 6.53. The second kappa shape index (κ2) is 9.31. The normalized spacial score (nSPS) is 14.5. The fraction of sp³-hybridized carbons (Fsp3) is 0.138. The van der Waals surface area contributed by atoms with Gasteiger partial charge in [0, 0.05) is 23.8 Å². The Balaban J connectivity index is 1.34. The minimum atomic E-state index is -0.305. The summed E-state index contributed by atoms with van der Waals surface area (Å²) in [6.07, 6.45) is 3.62. The van der Waals surface area contributed by atoms with E-state index in [-0.39, 0.29) is 18.7 Å². The van der Waals surface area contributed by atoms with E-state index < -0.39 is 0 Å². The Morgan fingerprint density at radius 1 is 0.892 bits per heavy atom. The lowest BCUT2D eigenvalue weighted by atomic mass is 9.99. The van der Waals surface area contributed by atoms with Gasteiger partial charge in [0.15, 0.2) is 11.5 Å². The molecule has 0 saturated heterocycles. The van der Waals surface area contributed by atoms with E-state index in [1.807, 2.05) is 42.5 Å². The number of anilines is 2. The molecule has 0 saturated carbocycles. The van der Waals surface area contributed by atoms with Crippen LogP contribution < -0.4 is 25.4 Å². The Labute approximate surface area is 213 Å². The van der Waals surface area contributed by atoms with Crippen molar-refractivity contribution < 1.29 is 19.1 Å². The molecule has 1 aliphatic carbocycles. The number of nitrogens with zero attached hydrogens (tertiary/aromatic N) is 1. The Hall–Kier alpha value is -4.85. The molecule has 3 amide bonds. The Kier molecular flexibility index (Phi) is 5.69. The van der Waals surface area contributed by atoms with E-state index in [0.29, 0.717) is 16.9 Å². The number of carbonyl (C=O) groups excluding carboxylic acids is 2. The number of ether oxygens (including phenoxy) is 2. The van der Waals surface area contributed by atoms with Crippen LogP contribution in [0.5, 0.6) is 11.5 Å². The molecule has 0 fully saturated rings. The molecule has 0 atom stereocenters. The zero-order valence-electron chi connectivity index (χ0n) is 20.1. The minimum Gasteiger partial charge on any atom is -0.454 e. The van der Waals surface area contributed by atoms with Crippen molar-refractivity contribution in [3.8, 4) is 11.5 Å². The summed E-state index contributed by atoms with van der Waals surface area (Å²) < 4.78 is 11.0. The summed E-state index contributed by atoms with van der Waals surface area (Å²) in [4.78, 5) is 30.1. The highest BCUT2D eigenvalue weighted by Gasteiger charge is 2.27. The topological polar surface area (TPSA) is 102 Å². The first-order chi connectivity index (χ1) is 18.1. The number of fused-ring (bicyclic) bond motifs is 3. The maximum atomic E-state index is 13.6. The number of hydrogen-bond acceptors (Lipinski definition) is 5. The van der Waals surface area contributed by atoms with Crippen LogP contribution in [0.2, 0.25) is 0 Å². The van der Waals surface area contributed by atoms with E-state index in [1.54, 1.807) is 31.3 Å². The molecule has 3 aromatic carbocycles. The fourth-order valence-corrected chi connectivity index (χ4v) is 4.77. The molecule has 0 bridgehead atoms. The summed E-state index contributed by atoms with van der Waals surface area (Å²) in [5.41, 5.74) is 6.56. The molecular weight excluding hydrogens is 468 g/mol. The van der Waals surface area contributed by atoms with Gasteiger partial charge in [-0.25, -0.2) is 9.78 Å². The number of aromatic nitrogens is 1. The molecule has 184 valence electrons. The van der Waals surface area contributed by atoms with Crippen LogP contribution in [0.3, 0.4) is 0 Å². The van der Waals surface area contributed by atoms with E-state index in [2.05, 4.69) is 22.0 Å². The summed E-state index contributed by atoms with van der Waals surface area (Å²) in [6.45, 7) is 0.234. The van der Waals surface area contributed by atoms with Gasteiger partial charge in [-0.2, -0.15) is 0 Å². The van der Waals surface area contributed by atoms with Gasteiger partial charge in [0.05, 0.1) is 16.8 Å². The summed E-state index contributed by atoms with van der Waals surface area (Å²) in [5, 5.41) is 9.06. The number of carbonyl (C=O) groups is 2. The summed E-state index contributed by atoms with van der Waals surface area (Å²) in [6, 6.07) is 20.3. The van der Waals surface area contributed by atoms with Crippen molar-refractivity contribution in [1.29, 1.82) is 0 Å². The number of allylic oxidation sites excluding steroid dienone is 1. The lowest BCUT2D eigenvalue weighted by molar-refractivity contribution is 0.102. The zero-order chi connectivity index (χ0) is 25.4. The molecule has 2 aliphatic rings. The number of rotatable bonds is 4. The summed E-state index contributed by atoms with van der Waals surface area (Å²) in [7, 11) is 1.55. The lowest BCUT2D eigenvalue weighted by Gasteiger charge is -2.13. The van der Waals surface area contributed by atoms with Crippen LogP contribution in [0, 0.1) is 0 Å². The zero-order valence-corrected chi connectivity index (χ0v) is 20.1. The van der Waals surface area contributed by atoms with Crippen molar-refractivity contribution >= 4 is 45.9 Å². The average molecular weight is 493 g/mol. The molecule has 4 aromatic rings. The monoisotopic (exact) mass is 492 g/mol. The minimum absolute atomic E-state index is 0.189. The molecule has 8 nitrogen and oxygen atoms in total. The van der Waals surface area contributed by atoms with Gasteiger partial charge in [-0.1, -0.05) is 24.3 Å². The Morgan fingerprint density at radius 3 is 2.46 bits per heavy atom. The first-order valence-electron chi connectivity index (χ1n) is 12.0. The predicted molar refractivity (Wildman–Crippen MR) is 143 cm³/mol. The van der Waals surface area contributed by atoms with Crippen LogP contribution in [0.25, 0.3) is 22.6 Å². The first kappa shape index (κ1) is 22.6. The maximum Gasteiger partial charge on any atom is 0.318 e. The molecule has 1 aliphatic heterocycles. The number of benzene rings is 3. The highest BCUT2D eigenvalue weighted by atomic mass is 16.7. The molecule has 0 unspecified atom stereocenters. The Bertz CT molecular complexity index is 1580. The van der Waals surface area contributed by atoms with Crippen molar-refractivity contribution in [2.24, 2.45) is 0 Å². The van der Waals surface area contributed by atoms with Gasteiger partial charge in [-0.15, -0.1) is 0 Å². The number of nitrogens with one attached hydrogen (secondary N) is 3. The third-order valence-corrected chi connectivity index (χ3v) is 6.53. The van der Waals surface area contributed by atoms with Crippen molar-refractivity contribution in [2.45, 2.75) is 12.8 Å². The number of para-hydroxylation sites is 1. The third kappa shape index (κ3) is 4.33. The number of amides is 3. The number of hydrogen-bond donors (Lipinski definition) is 3. The van der Waals surface area contributed by atoms with E-state index >= 15 is 0 Å². The average Bonchev–Trinajstić information content (AvgIpc) is 3.55. The van der Waals surface area contributed by atoms with E-state index in [0.717, 1.165) is 57.6 Å². The predicted octanol–water partition coefficient (Wildman–Crippen LogP) is 5.45. The van der Waals surface area contributed by atoms with Gasteiger partial charge < -0.3 is 25.4 Å². The van der Waals surface area contributed by atoms with Gasteiger partial charge in [0.25, 0.3) is 5.91 Å².